The lowest BCUT2D eigenvalue weighted by molar-refractivity contribution is -0.133. The zero-order valence-corrected chi connectivity index (χ0v) is 32.6. The van der Waals surface area contributed by atoms with E-state index in [-0.39, 0.29) is 62.2 Å². The lowest BCUT2D eigenvalue weighted by Crippen LogP contribution is -2.52. The van der Waals surface area contributed by atoms with Gasteiger partial charge in [-0.25, -0.2) is 27.8 Å². The van der Waals surface area contributed by atoms with Crippen LogP contribution < -0.4 is 15.1 Å². The van der Waals surface area contributed by atoms with Gasteiger partial charge in [0.2, 0.25) is 17.8 Å². The van der Waals surface area contributed by atoms with Gasteiger partial charge in [0.05, 0.1) is 41.0 Å². The molecule has 10 rings (SSSR count). The highest BCUT2D eigenvalue weighted by atomic mass is 19.1. The summed E-state index contributed by atoms with van der Waals surface area (Å²) in [6.07, 6.45) is 3.36. The standard InChI is InChI=1S/C41H41F3N12O3.H2/c1-22-46-32-15-24(43)13-28-31-5-4-6-35(48-31)47-25-16-34(40(58)51(2)19-27(59-3)20-54(22)37(28)32)55(18-25)38-29-17-45-56(33-10-7-23(42)14-30(33)44)39(29)50-41(49-38)52-11-12-53(26-8-9-26)36(57)21-52;/h4-7,10,13-15,17,25-27,34H,8-9,11-12,16,18-21H2,1-3H3,(H,47,48);1H/t25-,27-,34-;/m0./s1. The highest BCUT2D eigenvalue weighted by molar-refractivity contribution is 5.95. The fourth-order valence-corrected chi connectivity index (χ4v) is 8.81. The maximum atomic E-state index is 15.4. The van der Waals surface area contributed by atoms with E-state index >= 15 is 8.78 Å². The van der Waals surface area contributed by atoms with E-state index in [9.17, 15) is 14.0 Å². The Hall–Kier alpha value is -6.30. The Kier molecular flexibility index (Phi) is 8.91. The van der Waals surface area contributed by atoms with Crippen LogP contribution in [0.2, 0.25) is 0 Å². The molecule has 15 nitrogen and oxygen atoms in total. The van der Waals surface area contributed by atoms with Crippen molar-refractivity contribution >= 4 is 51.5 Å². The summed E-state index contributed by atoms with van der Waals surface area (Å²) in [5, 5.41) is 8.48. The van der Waals surface area contributed by atoms with Gasteiger partial charge in [-0.3, -0.25) is 9.59 Å². The number of rotatable bonds is 5. The summed E-state index contributed by atoms with van der Waals surface area (Å²) < 4.78 is 53.8. The van der Waals surface area contributed by atoms with Crippen LogP contribution in [-0.2, 0) is 20.9 Å². The fourth-order valence-electron chi connectivity index (χ4n) is 8.81. The molecular formula is C41H43F3N12O3. The number of likely N-dealkylation sites (N-methyl/N-ethyl adjacent to an activating group) is 1. The molecule has 59 heavy (non-hydrogen) atoms. The molecule has 6 aromatic rings. The average Bonchev–Trinajstić information content (AvgIpc) is 3.72. The highest BCUT2D eigenvalue weighted by Crippen LogP contribution is 2.37. The Morgan fingerprint density at radius 3 is 2.54 bits per heavy atom. The van der Waals surface area contributed by atoms with Crippen LogP contribution in [0.4, 0.5) is 30.8 Å². The second kappa shape index (κ2) is 14.2. The van der Waals surface area contributed by atoms with Gasteiger partial charge >= 0.3 is 0 Å². The number of carbonyl (C=O) groups excluding carboxylic acids is 2. The van der Waals surface area contributed by atoms with E-state index in [0.717, 1.165) is 25.0 Å². The van der Waals surface area contributed by atoms with Gasteiger partial charge in [-0.2, -0.15) is 15.1 Å². The van der Waals surface area contributed by atoms with Crippen molar-refractivity contribution in [3.05, 3.63) is 78.0 Å². The van der Waals surface area contributed by atoms with Gasteiger partial charge in [0.25, 0.3) is 0 Å². The van der Waals surface area contributed by atoms with Crippen LogP contribution in [0.5, 0.6) is 0 Å². The summed E-state index contributed by atoms with van der Waals surface area (Å²) in [6, 6.07) is 10.8. The SMILES string of the molecule is CO[C@H]1CN(C)C(=O)[C@@H]2C[C@@H](CN2c2nc(N3CCN(C4CC4)C(=O)C3)nc3c2cnn3-c2ccc(F)cc2F)Nc2cccc(n2)-c2cc(F)cc3nc(C)n(c23)C1.[HH]. The Morgan fingerprint density at radius 2 is 1.76 bits per heavy atom. The number of nitrogens with one attached hydrogen (secondary N) is 1. The van der Waals surface area contributed by atoms with Crippen LogP contribution in [0, 0.1) is 24.4 Å². The fraction of sp³-hybridized carbons (Fsp3) is 0.390. The van der Waals surface area contributed by atoms with Gasteiger partial charge in [-0.1, -0.05) is 6.07 Å². The average molecular weight is 809 g/mol. The van der Waals surface area contributed by atoms with Crippen LogP contribution in [0.15, 0.2) is 54.7 Å². The van der Waals surface area contributed by atoms with E-state index in [2.05, 4.69) is 15.4 Å². The largest absolute Gasteiger partial charge is 0.378 e. The van der Waals surface area contributed by atoms with Crippen LogP contribution in [0.1, 0.15) is 26.5 Å². The number of nitrogens with zero attached hydrogens (tertiary/aromatic N) is 11. The zero-order chi connectivity index (χ0) is 40.7. The first kappa shape index (κ1) is 37.0. The van der Waals surface area contributed by atoms with Crippen LogP contribution >= 0.6 is 0 Å². The third kappa shape index (κ3) is 6.54. The van der Waals surface area contributed by atoms with Crippen molar-refractivity contribution in [1.29, 1.82) is 0 Å². The molecule has 3 fully saturated rings. The molecule has 18 heteroatoms. The molecule has 4 aliphatic rings. The van der Waals surface area contributed by atoms with Gasteiger partial charge in [0, 0.05) is 71.5 Å². The number of carbonyl (C=O) groups is 2. The number of fused-ring (bicyclic) bond motifs is 6. The molecule has 7 heterocycles. The number of imidazole rings is 1. The van der Waals surface area contributed by atoms with E-state index in [1.165, 1.54) is 29.1 Å². The molecule has 4 bridgehead atoms. The lowest BCUT2D eigenvalue weighted by atomic mass is 10.1. The molecule has 1 aliphatic carbocycles. The third-order valence-electron chi connectivity index (χ3n) is 11.9. The van der Waals surface area contributed by atoms with Crippen molar-refractivity contribution in [2.75, 3.05) is 62.0 Å². The summed E-state index contributed by atoms with van der Waals surface area (Å²) in [4.78, 5) is 55.0. The van der Waals surface area contributed by atoms with Crippen LogP contribution in [-0.4, -0.2) is 127 Å². The van der Waals surface area contributed by atoms with Gasteiger partial charge in [0.15, 0.2) is 11.5 Å². The summed E-state index contributed by atoms with van der Waals surface area (Å²) in [7, 11) is 3.33. The highest BCUT2D eigenvalue weighted by Gasteiger charge is 2.42. The number of benzene rings is 2. The minimum absolute atomic E-state index is 0. The van der Waals surface area contributed by atoms with Gasteiger partial charge < -0.3 is 34.2 Å². The maximum Gasteiger partial charge on any atom is 0.245 e. The lowest BCUT2D eigenvalue weighted by Gasteiger charge is -2.35. The van der Waals surface area contributed by atoms with E-state index in [4.69, 9.17) is 19.7 Å². The number of halogens is 3. The zero-order valence-electron chi connectivity index (χ0n) is 32.6. The van der Waals surface area contributed by atoms with Crippen LogP contribution in [0.25, 0.3) is 39.0 Å². The number of anilines is 3. The molecule has 0 spiro atoms. The van der Waals surface area contributed by atoms with Crippen LogP contribution in [0.3, 0.4) is 0 Å². The molecule has 2 saturated heterocycles. The molecule has 0 radical (unpaired) electrons. The molecule has 2 amide bonds. The number of ether oxygens (including phenoxy) is 1. The Bertz CT molecular complexity index is 2670. The first-order chi connectivity index (χ1) is 28.5. The molecule has 2 aromatic carbocycles. The molecule has 1 N–H and O–H groups in total. The number of methoxy groups -OCH3 is 1. The number of hydrogen-bond acceptors (Lipinski definition) is 11. The van der Waals surface area contributed by atoms with E-state index in [0.29, 0.717) is 71.2 Å². The third-order valence-corrected chi connectivity index (χ3v) is 11.9. The van der Waals surface area contributed by atoms with Crippen molar-refractivity contribution < 1.29 is 28.9 Å². The maximum absolute atomic E-state index is 15.4. The predicted octanol–water partition coefficient (Wildman–Crippen LogP) is 4.56. The van der Waals surface area contributed by atoms with Crippen molar-refractivity contribution in [3.8, 4) is 16.9 Å². The molecule has 4 aromatic heterocycles. The van der Waals surface area contributed by atoms with Gasteiger partial charge in [0.1, 0.15) is 47.4 Å². The first-order valence-corrected chi connectivity index (χ1v) is 19.7. The first-order valence-electron chi connectivity index (χ1n) is 19.7. The van der Waals surface area contributed by atoms with E-state index in [1.807, 2.05) is 39.5 Å². The summed E-state index contributed by atoms with van der Waals surface area (Å²) in [5.41, 5.74) is 2.53. The number of hydrogen-bond donors (Lipinski definition) is 1. The normalized spacial score (nSPS) is 21.4. The second-order valence-corrected chi connectivity index (χ2v) is 15.8. The minimum atomic E-state index is -0.836. The Labute approximate surface area is 337 Å². The number of amides is 2. The number of piperazine rings is 1. The molecule has 0 unspecified atom stereocenters. The molecular weight excluding hydrogens is 766 g/mol. The van der Waals surface area contributed by atoms with Gasteiger partial charge in [-0.15, -0.1) is 0 Å². The second-order valence-electron chi connectivity index (χ2n) is 15.8. The Morgan fingerprint density at radius 1 is 0.915 bits per heavy atom. The quantitative estimate of drug-likeness (QED) is 0.262. The monoisotopic (exact) mass is 808 g/mol. The van der Waals surface area contributed by atoms with Crippen molar-refractivity contribution in [3.63, 3.8) is 0 Å². The van der Waals surface area contributed by atoms with Crippen molar-refractivity contribution in [2.24, 2.45) is 0 Å². The van der Waals surface area contributed by atoms with Crippen molar-refractivity contribution in [1.82, 2.24) is 44.1 Å². The van der Waals surface area contributed by atoms with E-state index in [1.54, 1.807) is 24.0 Å². The molecule has 1 saturated carbocycles. The number of aryl methyl sites for hydroxylation is 1. The number of aromatic nitrogens is 7. The summed E-state index contributed by atoms with van der Waals surface area (Å²) in [6.45, 7) is 3.71. The summed E-state index contributed by atoms with van der Waals surface area (Å²) >= 11 is 0. The molecule has 306 valence electrons. The molecule has 3 atom stereocenters. The smallest absolute Gasteiger partial charge is 0.245 e. The van der Waals surface area contributed by atoms with Crippen molar-refractivity contribution in [2.45, 2.75) is 57.0 Å². The number of pyridine rings is 1. The van der Waals surface area contributed by atoms with Gasteiger partial charge in [-0.05, 0) is 56.5 Å². The topological polar surface area (TPSA) is 143 Å². The predicted molar refractivity (Wildman–Crippen MR) is 215 cm³/mol. The molecule has 3 aliphatic heterocycles. The van der Waals surface area contributed by atoms with E-state index < -0.39 is 29.6 Å². The Balaban J connectivity index is 0.00000462. The minimum Gasteiger partial charge on any atom is -0.378 e. The summed E-state index contributed by atoms with van der Waals surface area (Å²) in [5.74, 6) is -0.453.